The van der Waals surface area contributed by atoms with Crippen LogP contribution in [0, 0.1) is 5.41 Å². The van der Waals surface area contributed by atoms with E-state index in [1.807, 2.05) is 12.3 Å². The molecular weight excluding hydrogens is 276 g/mol. The third kappa shape index (κ3) is 4.07. The third-order valence-corrected chi connectivity index (χ3v) is 4.18. The first-order valence-corrected chi connectivity index (χ1v) is 7.28. The second kappa shape index (κ2) is 5.96. The summed E-state index contributed by atoms with van der Waals surface area (Å²) in [6.45, 7) is 4.40. The van der Waals surface area contributed by atoms with Gasteiger partial charge in [-0.3, -0.25) is 4.98 Å². The highest BCUT2D eigenvalue weighted by molar-refractivity contribution is 9.10. The zero-order chi connectivity index (χ0) is 12.1. The lowest BCUT2D eigenvalue weighted by atomic mass is 9.76. The van der Waals surface area contributed by atoms with Gasteiger partial charge in [-0.05, 0) is 46.3 Å². The Morgan fingerprint density at radius 3 is 2.71 bits per heavy atom. The number of nitrogens with one attached hydrogen (secondary N) is 1. The minimum atomic E-state index is 0.508. The topological polar surface area (TPSA) is 24.9 Å². The van der Waals surface area contributed by atoms with Crippen molar-refractivity contribution in [2.24, 2.45) is 5.41 Å². The van der Waals surface area contributed by atoms with Gasteiger partial charge in [-0.2, -0.15) is 0 Å². The first kappa shape index (κ1) is 13.0. The van der Waals surface area contributed by atoms with E-state index in [4.69, 9.17) is 0 Å². The van der Waals surface area contributed by atoms with Crippen molar-refractivity contribution in [2.45, 2.75) is 45.6 Å². The average Bonchev–Trinajstić information content (AvgIpc) is 2.32. The Kier molecular flexibility index (Phi) is 4.57. The standard InChI is InChI=1S/C14H21BrN2/c1-14(7-3-2-4-8-14)11-16-10-13-6-5-12(15)9-17-13/h5-6,9,16H,2-4,7-8,10-11H2,1H3. The van der Waals surface area contributed by atoms with Gasteiger partial charge in [0.1, 0.15) is 0 Å². The Labute approximate surface area is 112 Å². The van der Waals surface area contributed by atoms with Gasteiger partial charge in [0.15, 0.2) is 0 Å². The summed E-state index contributed by atoms with van der Waals surface area (Å²) in [5.41, 5.74) is 1.63. The quantitative estimate of drug-likeness (QED) is 0.911. The molecule has 0 unspecified atom stereocenters. The normalized spacial score (nSPS) is 19.2. The smallest absolute Gasteiger partial charge is 0.0542 e. The number of hydrogen-bond donors (Lipinski definition) is 1. The van der Waals surface area contributed by atoms with E-state index < -0.39 is 0 Å². The Morgan fingerprint density at radius 2 is 2.06 bits per heavy atom. The van der Waals surface area contributed by atoms with Crippen LogP contribution in [-0.2, 0) is 6.54 Å². The van der Waals surface area contributed by atoms with Crippen LogP contribution < -0.4 is 5.32 Å². The molecule has 0 saturated heterocycles. The van der Waals surface area contributed by atoms with E-state index in [1.165, 1.54) is 32.1 Å². The van der Waals surface area contributed by atoms with E-state index in [1.54, 1.807) is 0 Å². The molecule has 0 bridgehead atoms. The van der Waals surface area contributed by atoms with Crippen LogP contribution in [-0.4, -0.2) is 11.5 Å². The number of rotatable bonds is 4. The minimum Gasteiger partial charge on any atom is -0.311 e. The van der Waals surface area contributed by atoms with E-state index in [0.717, 1.165) is 23.3 Å². The van der Waals surface area contributed by atoms with Crippen molar-refractivity contribution < 1.29 is 0 Å². The van der Waals surface area contributed by atoms with Crippen LogP contribution in [0.15, 0.2) is 22.8 Å². The fourth-order valence-corrected chi connectivity index (χ4v) is 2.82. The summed E-state index contributed by atoms with van der Waals surface area (Å²) in [5.74, 6) is 0. The van der Waals surface area contributed by atoms with Crippen LogP contribution in [0.25, 0.3) is 0 Å². The summed E-state index contributed by atoms with van der Waals surface area (Å²) in [6, 6.07) is 4.12. The molecule has 2 rings (SSSR count). The molecule has 1 aliphatic rings. The van der Waals surface area contributed by atoms with Crippen LogP contribution in [0.2, 0.25) is 0 Å². The van der Waals surface area contributed by atoms with Crippen molar-refractivity contribution in [3.05, 3.63) is 28.5 Å². The van der Waals surface area contributed by atoms with E-state index in [0.29, 0.717) is 5.41 Å². The first-order chi connectivity index (χ1) is 8.18. The SMILES string of the molecule is CC1(CNCc2ccc(Br)cn2)CCCCC1. The highest BCUT2D eigenvalue weighted by Crippen LogP contribution is 2.34. The molecule has 94 valence electrons. The molecule has 1 N–H and O–H groups in total. The van der Waals surface area contributed by atoms with Crippen molar-refractivity contribution in [1.82, 2.24) is 10.3 Å². The van der Waals surface area contributed by atoms with E-state index in [2.05, 4.69) is 39.2 Å². The van der Waals surface area contributed by atoms with Crippen LogP contribution in [0.1, 0.15) is 44.7 Å². The Hall–Kier alpha value is -0.410. The van der Waals surface area contributed by atoms with Crippen molar-refractivity contribution in [2.75, 3.05) is 6.54 Å². The predicted molar refractivity (Wildman–Crippen MR) is 74.8 cm³/mol. The summed E-state index contributed by atoms with van der Waals surface area (Å²) in [5, 5.41) is 3.55. The zero-order valence-electron chi connectivity index (χ0n) is 10.5. The fourth-order valence-electron chi connectivity index (χ4n) is 2.59. The lowest BCUT2D eigenvalue weighted by molar-refractivity contribution is 0.207. The molecule has 2 nitrogen and oxygen atoms in total. The summed E-state index contributed by atoms with van der Waals surface area (Å²) in [7, 11) is 0. The molecule has 0 amide bonds. The number of aromatic nitrogens is 1. The number of pyridine rings is 1. The number of halogens is 1. The van der Waals surface area contributed by atoms with E-state index in [-0.39, 0.29) is 0 Å². The molecule has 1 aromatic rings. The monoisotopic (exact) mass is 296 g/mol. The molecule has 1 fully saturated rings. The van der Waals surface area contributed by atoms with Gasteiger partial charge in [0, 0.05) is 23.8 Å². The molecule has 0 aliphatic heterocycles. The molecule has 1 heterocycles. The maximum Gasteiger partial charge on any atom is 0.0542 e. The van der Waals surface area contributed by atoms with Gasteiger partial charge in [0.05, 0.1) is 5.69 Å². The van der Waals surface area contributed by atoms with Crippen molar-refractivity contribution in [3.63, 3.8) is 0 Å². The summed E-state index contributed by atoms with van der Waals surface area (Å²) >= 11 is 3.40. The van der Waals surface area contributed by atoms with Gasteiger partial charge < -0.3 is 5.32 Å². The molecule has 0 radical (unpaired) electrons. The summed E-state index contributed by atoms with van der Waals surface area (Å²) < 4.78 is 1.04. The van der Waals surface area contributed by atoms with Gasteiger partial charge >= 0.3 is 0 Å². The highest BCUT2D eigenvalue weighted by Gasteiger charge is 2.25. The molecule has 1 saturated carbocycles. The average molecular weight is 297 g/mol. The van der Waals surface area contributed by atoms with Gasteiger partial charge in [0.25, 0.3) is 0 Å². The fraction of sp³-hybridized carbons (Fsp3) is 0.643. The second-order valence-corrected chi connectivity index (χ2v) is 6.36. The van der Waals surface area contributed by atoms with Gasteiger partial charge in [-0.1, -0.05) is 26.2 Å². The van der Waals surface area contributed by atoms with E-state index >= 15 is 0 Å². The summed E-state index contributed by atoms with van der Waals surface area (Å²) in [6.07, 6.45) is 8.81. The molecule has 3 heteroatoms. The van der Waals surface area contributed by atoms with Crippen molar-refractivity contribution in [1.29, 1.82) is 0 Å². The third-order valence-electron chi connectivity index (χ3n) is 3.71. The molecule has 0 atom stereocenters. The second-order valence-electron chi connectivity index (χ2n) is 5.44. The predicted octanol–water partition coefficient (Wildman–Crippen LogP) is 3.90. The van der Waals surface area contributed by atoms with Gasteiger partial charge in [-0.25, -0.2) is 0 Å². The molecular formula is C14H21BrN2. The molecule has 0 spiro atoms. The first-order valence-electron chi connectivity index (χ1n) is 6.49. The van der Waals surface area contributed by atoms with Crippen molar-refractivity contribution in [3.8, 4) is 0 Å². The van der Waals surface area contributed by atoms with Crippen LogP contribution in [0.4, 0.5) is 0 Å². The van der Waals surface area contributed by atoms with Crippen molar-refractivity contribution >= 4 is 15.9 Å². The highest BCUT2D eigenvalue weighted by atomic mass is 79.9. The maximum absolute atomic E-state index is 4.37. The Morgan fingerprint density at radius 1 is 1.29 bits per heavy atom. The zero-order valence-corrected chi connectivity index (χ0v) is 12.1. The largest absolute Gasteiger partial charge is 0.311 e. The Balaban J connectivity index is 1.77. The van der Waals surface area contributed by atoms with Gasteiger partial charge in [-0.15, -0.1) is 0 Å². The lowest BCUT2D eigenvalue weighted by Gasteiger charge is -2.33. The number of nitrogens with zero attached hydrogens (tertiary/aromatic N) is 1. The Bertz CT molecular complexity index is 342. The van der Waals surface area contributed by atoms with E-state index in [9.17, 15) is 0 Å². The number of hydrogen-bond acceptors (Lipinski definition) is 2. The van der Waals surface area contributed by atoms with Crippen LogP contribution >= 0.6 is 15.9 Å². The van der Waals surface area contributed by atoms with Gasteiger partial charge in [0.2, 0.25) is 0 Å². The van der Waals surface area contributed by atoms with Crippen LogP contribution in [0.3, 0.4) is 0 Å². The molecule has 1 aliphatic carbocycles. The summed E-state index contributed by atoms with van der Waals surface area (Å²) in [4.78, 5) is 4.37. The van der Waals surface area contributed by atoms with Crippen LogP contribution in [0.5, 0.6) is 0 Å². The minimum absolute atomic E-state index is 0.508. The molecule has 0 aromatic carbocycles. The molecule has 17 heavy (non-hydrogen) atoms. The maximum atomic E-state index is 4.37. The molecule has 1 aromatic heterocycles. The lowest BCUT2D eigenvalue weighted by Crippen LogP contribution is -2.33.